The van der Waals surface area contributed by atoms with Crippen LogP contribution in [-0.4, -0.2) is 42.5 Å². The normalized spacial score (nSPS) is 11.3. The Kier molecular flexibility index (Phi) is 7.65. The molecule has 0 unspecified atom stereocenters. The van der Waals surface area contributed by atoms with E-state index in [0.29, 0.717) is 37.5 Å². The summed E-state index contributed by atoms with van der Waals surface area (Å²) in [6.45, 7) is 0.820. The van der Waals surface area contributed by atoms with E-state index in [1.54, 1.807) is 19.1 Å². The van der Waals surface area contributed by atoms with E-state index >= 15 is 0 Å². The monoisotopic (exact) mass is 401 g/mol. The second-order valence-corrected chi connectivity index (χ2v) is 6.08. The average Bonchev–Trinajstić information content (AvgIpc) is 3.06. The molecule has 1 amide bonds. The topological polar surface area (TPSA) is 86.5 Å². The Morgan fingerprint density at radius 2 is 2.04 bits per heavy atom. The van der Waals surface area contributed by atoms with E-state index < -0.39 is 12.8 Å². The molecule has 0 saturated heterocycles. The van der Waals surface area contributed by atoms with Crippen molar-refractivity contribution in [2.45, 2.75) is 38.8 Å². The minimum atomic E-state index is -4.43. The summed E-state index contributed by atoms with van der Waals surface area (Å²) in [6, 6.07) is 4.58. The Morgan fingerprint density at radius 1 is 1.25 bits per heavy atom. The van der Waals surface area contributed by atoms with E-state index in [-0.39, 0.29) is 23.8 Å². The van der Waals surface area contributed by atoms with Crippen LogP contribution < -0.4 is 14.8 Å². The third-order valence-corrected chi connectivity index (χ3v) is 3.72. The van der Waals surface area contributed by atoms with E-state index in [4.69, 9.17) is 14.0 Å². The molecule has 0 spiro atoms. The maximum Gasteiger partial charge on any atom is 0.422 e. The van der Waals surface area contributed by atoms with Crippen molar-refractivity contribution in [3.8, 4) is 11.5 Å². The van der Waals surface area contributed by atoms with Crippen LogP contribution >= 0.6 is 0 Å². The zero-order valence-electron chi connectivity index (χ0n) is 15.6. The van der Waals surface area contributed by atoms with Crippen LogP contribution in [-0.2, 0) is 17.6 Å². The lowest BCUT2D eigenvalue weighted by atomic mass is 10.1. The number of halogens is 3. The van der Waals surface area contributed by atoms with Crippen molar-refractivity contribution in [3.63, 3.8) is 0 Å². The molecule has 0 aliphatic heterocycles. The van der Waals surface area contributed by atoms with E-state index in [9.17, 15) is 18.0 Å². The fourth-order valence-electron chi connectivity index (χ4n) is 2.40. The van der Waals surface area contributed by atoms with Crippen molar-refractivity contribution in [2.24, 2.45) is 0 Å². The van der Waals surface area contributed by atoms with Gasteiger partial charge in [-0.25, -0.2) is 0 Å². The summed E-state index contributed by atoms with van der Waals surface area (Å²) in [5, 5.41) is 6.49. The molecule has 0 bridgehead atoms. The molecule has 7 nitrogen and oxygen atoms in total. The van der Waals surface area contributed by atoms with Gasteiger partial charge < -0.3 is 19.3 Å². The Labute approximate surface area is 160 Å². The molecule has 1 N–H and O–H groups in total. The van der Waals surface area contributed by atoms with Gasteiger partial charge in [-0.3, -0.25) is 4.79 Å². The fraction of sp³-hybridized carbons (Fsp3) is 0.500. The standard InChI is InChI=1S/C18H22F3N3O4/c1-12-23-17(28-24-12)4-3-9-22-16(25)8-6-13-5-7-14(15(10-13)26-2)27-11-18(19,20)21/h5,7,10H,3-4,6,8-9,11H2,1-2H3,(H,22,25). The van der Waals surface area contributed by atoms with Crippen LogP contribution in [0.1, 0.15) is 30.1 Å². The molecule has 28 heavy (non-hydrogen) atoms. The number of carbonyl (C=O) groups excluding carboxylic acids is 1. The summed E-state index contributed by atoms with van der Waals surface area (Å²) in [4.78, 5) is 16.0. The van der Waals surface area contributed by atoms with Gasteiger partial charge in [0.1, 0.15) is 0 Å². The highest BCUT2D eigenvalue weighted by Gasteiger charge is 2.29. The van der Waals surface area contributed by atoms with Crippen molar-refractivity contribution >= 4 is 5.91 Å². The van der Waals surface area contributed by atoms with Crippen molar-refractivity contribution in [1.82, 2.24) is 15.5 Å². The summed E-state index contributed by atoms with van der Waals surface area (Å²) in [7, 11) is 1.34. The highest BCUT2D eigenvalue weighted by molar-refractivity contribution is 5.76. The van der Waals surface area contributed by atoms with Gasteiger partial charge in [0.15, 0.2) is 23.9 Å². The number of aromatic nitrogens is 2. The maximum absolute atomic E-state index is 12.3. The molecule has 0 aliphatic carbocycles. The number of alkyl halides is 3. The Hall–Kier alpha value is -2.78. The van der Waals surface area contributed by atoms with E-state index in [2.05, 4.69) is 15.5 Å². The number of carbonyl (C=O) groups is 1. The van der Waals surface area contributed by atoms with Gasteiger partial charge in [0.25, 0.3) is 0 Å². The van der Waals surface area contributed by atoms with Gasteiger partial charge in [0, 0.05) is 19.4 Å². The quantitative estimate of drug-likeness (QED) is 0.616. The largest absolute Gasteiger partial charge is 0.493 e. The van der Waals surface area contributed by atoms with Crippen molar-refractivity contribution < 1.29 is 32.0 Å². The number of hydrogen-bond donors (Lipinski definition) is 1. The van der Waals surface area contributed by atoms with E-state index in [1.807, 2.05) is 0 Å². The summed E-state index contributed by atoms with van der Waals surface area (Å²) < 4.78 is 51.6. The summed E-state index contributed by atoms with van der Waals surface area (Å²) in [5.41, 5.74) is 0.757. The van der Waals surface area contributed by atoms with Crippen LogP contribution in [0.5, 0.6) is 11.5 Å². The highest BCUT2D eigenvalue weighted by atomic mass is 19.4. The lowest BCUT2D eigenvalue weighted by Crippen LogP contribution is -2.25. The third kappa shape index (κ3) is 7.45. The first kappa shape index (κ1) is 21.5. The summed E-state index contributed by atoms with van der Waals surface area (Å²) in [6.07, 6.45) is -2.51. The molecular weight excluding hydrogens is 379 g/mol. The van der Waals surface area contributed by atoms with E-state index in [0.717, 1.165) is 5.56 Å². The molecule has 10 heteroatoms. The molecule has 2 rings (SSSR count). The minimum absolute atomic E-state index is 0.00397. The SMILES string of the molecule is COc1cc(CCC(=O)NCCCc2nc(C)no2)ccc1OCC(F)(F)F. The van der Waals surface area contributed by atoms with Crippen LogP contribution in [0.4, 0.5) is 13.2 Å². The smallest absolute Gasteiger partial charge is 0.422 e. The lowest BCUT2D eigenvalue weighted by Gasteiger charge is -2.13. The molecule has 1 aromatic carbocycles. The predicted molar refractivity (Wildman–Crippen MR) is 93.2 cm³/mol. The van der Waals surface area contributed by atoms with Crippen molar-refractivity contribution in [2.75, 3.05) is 20.3 Å². The van der Waals surface area contributed by atoms with Gasteiger partial charge in [-0.15, -0.1) is 0 Å². The first-order chi connectivity index (χ1) is 13.3. The molecular formula is C18H22F3N3O4. The van der Waals surface area contributed by atoms with Gasteiger partial charge in [-0.2, -0.15) is 18.2 Å². The molecule has 2 aromatic rings. The molecule has 154 valence electrons. The first-order valence-corrected chi connectivity index (χ1v) is 8.69. The van der Waals surface area contributed by atoms with Crippen LogP contribution in [0.2, 0.25) is 0 Å². The second-order valence-electron chi connectivity index (χ2n) is 6.08. The van der Waals surface area contributed by atoms with Gasteiger partial charge in [-0.05, 0) is 37.5 Å². The second kappa shape index (κ2) is 9.95. The predicted octanol–water partition coefficient (Wildman–Crippen LogP) is 3.01. The number of hydrogen-bond acceptors (Lipinski definition) is 6. The molecule has 0 fully saturated rings. The average molecular weight is 401 g/mol. The zero-order valence-corrected chi connectivity index (χ0v) is 15.6. The molecule has 0 atom stereocenters. The molecule has 0 aliphatic rings. The highest BCUT2D eigenvalue weighted by Crippen LogP contribution is 2.30. The Morgan fingerprint density at radius 3 is 2.68 bits per heavy atom. The summed E-state index contributed by atoms with van der Waals surface area (Å²) >= 11 is 0. The molecule has 0 radical (unpaired) electrons. The van der Waals surface area contributed by atoms with Crippen molar-refractivity contribution in [3.05, 3.63) is 35.5 Å². The number of nitrogens with zero attached hydrogens (tertiary/aromatic N) is 2. The number of aryl methyl sites for hydroxylation is 3. The maximum atomic E-state index is 12.3. The fourth-order valence-corrected chi connectivity index (χ4v) is 2.40. The lowest BCUT2D eigenvalue weighted by molar-refractivity contribution is -0.153. The van der Waals surface area contributed by atoms with Crippen LogP contribution in [0.25, 0.3) is 0 Å². The number of rotatable bonds is 10. The van der Waals surface area contributed by atoms with Crippen LogP contribution in [0.3, 0.4) is 0 Å². The first-order valence-electron chi connectivity index (χ1n) is 8.69. The summed E-state index contributed by atoms with van der Waals surface area (Å²) in [5.74, 6) is 1.18. The van der Waals surface area contributed by atoms with Gasteiger partial charge in [0.05, 0.1) is 7.11 Å². The third-order valence-electron chi connectivity index (χ3n) is 3.72. The number of ether oxygens (including phenoxy) is 2. The number of amides is 1. The van der Waals surface area contributed by atoms with E-state index in [1.165, 1.54) is 13.2 Å². The number of methoxy groups -OCH3 is 1. The van der Waals surface area contributed by atoms with Crippen molar-refractivity contribution in [1.29, 1.82) is 0 Å². The van der Waals surface area contributed by atoms with Gasteiger partial charge in [-0.1, -0.05) is 11.2 Å². The van der Waals surface area contributed by atoms with Crippen LogP contribution in [0.15, 0.2) is 22.7 Å². The number of benzene rings is 1. The minimum Gasteiger partial charge on any atom is -0.493 e. The Balaban J connectivity index is 1.74. The molecule has 0 saturated carbocycles. The van der Waals surface area contributed by atoms with Gasteiger partial charge >= 0.3 is 6.18 Å². The number of nitrogens with one attached hydrogen (secondary N) is 1. The van der Waals surface area contributed by atoms with Crippen LogP contribution in [0, 0.1) is 6.92 Å². The molecule has 1 heterocycles. The zero-order chi connectivity index (χ0) is 20.6. The molecule has 1 aromatic heterocycles. The Bertz CT molecular complexity index is 778. The van der Waals surface area contributed by atoms with Gasteiger partial charge in [0.2, 0.25) is 11.8 Å².